The van der Waals surface area contributed by atoms with Crippen molar-refractivity contribution in [2.45, 2.75) is 19.3 Å². The molecule has 124 valence electrons. The Labute approximate surface area is 134 Å². The van der Waals surface area contributed by atoms with Gasteiger partial charge in [-0.05, 0) is 24.5 Å². The van der Waals surface area contributed by atoms with E-state index in [-0.39, 0.29) is 43.2 Å². The molecule has 2 rings (SSSR count). The number of benzene rings is 1. The van der Waals surface area contributed by atoms with Crippen LogP contribution in [0.2, 0.25) is 0 Å². The summed E-state index contributed by atoms with van der Waals surface area (Å²) in [5.41, 5.74) is 0.559. The molecule has 0 bridgehead atoms. The molecule has 23 heavy (non-hydrogen) atoms. The first-order valence-corrected chi connectivity index (χ1v) is 7.54. The van der Waals surface area contributed by atoms with Crippen LogP contribution in [0.4, 0.5) is 9.18 Å². The Morgan fingerprint density at radius 2 is 2.04 bits per heavy atom. The van der Waals surface area contributed by atoms with Gasteiger partial charge in [-0.3, -0.25) is 14.5 Å². The topological polar surface area (TPSA) is 69.7 Å². The van der Waals surface area contributed by atoms with Crippen LogP contribution in [0.1, 0.15) is 18.4 Å². The van der Waals surface area contributed by atoms with Crippen molar-refractivity contribution in [1.82, 2.24) is 15.1 Å². The van der Waals surface area contributed by atoms with E-state index in [1.54, 1.807) is 25.2 Å². The van der Waals surface area contributed by atoms with Crippen molar-refractivity contribution in [3.05, 3.63) is 35.6 Å². The second-order valence-corrected chi connectivity index (χ2v) is 5.48. The van der Waals surface area contributed by atoms with Crippen LogP contribution in [0.3, 0.4) is 0 Å². The lowest BCUT2D eigenvalue weighted by atomic mass is 10.1. The maximum Gasteiger partial charge on any atom is 0.326 e. The van der Waals surface area contributed by atoms with Gasteiger partial charge in [0.1, 0.15) is 12.4 Å². The van der Waals surface area contributed by atoms with Crippen LogP contribution in [-0.4, -0.2) is 54.3 Å². The van der Waals surface area contributed by atoms with Crippen LogP contribution < -0.4 is 5.32 Å². The summed E-state index contributed by atoms with van der Waals surface area (Å²) in [6.07, 6.45) is 1.06. The number of halogens is 1. The number of imide groups is 1. The van der Waals surface area contributed by atoms with E-state index in [1.807, 2.05) is 0 Å². The van der Waals surface area contributed by atoms with Gasteiger partial charge in [0.05, 0.1) is 0 Å². The minimum atomic E-state index is -0.324. The van der Waals surface area contributed by atoms with Crippen molar-refractivity contribution >= 4 is 17.8 Å². The van der Waals surface area contributed by atoms with Crippen LogP contribution in [0.25, 0.3) is 0 Å². The fourth-order valence-electron chi connectivity index (χ4n) is 2.41. The predicted molar refractivity (Wildman–Crippen MR) is 82.1 cm³/mol. The molecule has 1 aliphatic rings. The smallest absolute Gasteiger partial charge is 0.326 e. The molecule has 0 unspecified atom stereocenters. The Bertz CT molecular complexity index is 606. The Morgan fingerprint density at radius 1 is 1.30 bits per heavy atom. The number of hydrogen-bond acceptors (Lipinski definition) is 3. The van der Waals surface area contributed by atoms with Crippen LogP contribution >= 0.6 is 0 Å². The van der Waals surface area contributed by atoms with Gasteiger partial charge in [-0.15, -0.1) is 0 Å². The Kier molecular flexibility index (Phi) is 5.67. The molecule has 1 saturated heterocycles. The number of rotatable bonds is 7. The third-order valence-electron chi connectivity index (χ3n) is 3.69. The Morgan fingerprint density at radius 3 is 2.70 bits per heavy atom. The van der Waals surface area contributed by atoms with Gasteiger partial charge in [0, 0.05) is 26.6 Å². The summed E-state index contributed by atoms with van der Waals surface area (Å²) in [5, 5.41) is 2.71. The van der Waals surface area contributed by atoms with Crippen molar-refractivity contribution in [2.75, 3.05) is 26.7 Å². The molecular weight excluding hydrogens is 301 g/mol. The van der Waals surface area contributed by atoms with Gasteiger partial charge in [0.25, 0.3) is 0 Å². The van der Waals surface area contributed by atoms with Crippen LogP contribution in [-0.2, 0) is 16.0 Å². The van der Waals surface area contributed by atoms with Crippen LogP contribution in [0.5, 0.6) is 0 Å². The van der Waals surface area contributed by atoms with Crippen molar-refractivity contribution in [3.63, 3.8) is 0 Å². The molecule has 1 aromatic carbocycles. The Hall–Kier alpha value is -2.44. The molecular formula is C16H20FN3O3. The van der Waals surface area contributed by atoms with E-state index in [0.717, 1.165) is 4.90 Å². The molecule has 0 saturated carbocycles. The molecule has 0 radical (unpaired) electrons. The van der Waals surface area contributed by atoms with Crippen LogP contribution in [0, 0.1) is 5.82 Å². The lowest BCUT2D eigenvalue weighted by Gasteiger charge is -2.13. The molecule has 7 heteroatoms. The maximum atomic E-state index is 13.4. The van der Waals surface area contributed by atoms with E-state index in [4.69, 9.17) is 0 Å². The number of carbonyl (C=O) groups excluding carboxylic acids is 3. The molecule has 1 heterocycles. The third-order valence-corrected chi connectivity index (χ3v) is 3.69. The fourth-order valence-corrected chi connectivity index (χ4v) is 2.41. The summed E-state index contributed by atoms with van der Waals surface area (Å²) >= 11 is 0. The zero-order chi connectivity index (χ0) is 16.8. The summed E-state index contributed by atoms with van der Waals surface area (Å²) in [4.78, 5) is 37.4. The zero-order valence-corrected chi connectivity index (χ0v) is 13.0. The van der Waals surface area contributed by atoms with Gasteiger partial charge in [-0.2, -0.15) is 0 Å². The largest absolute Gasteiger partial charge is 0.356 e. The highest BCUT2D eigenvalue weighted by Gasteiger charge is 2.32. The monoisotopic (exact) mass is 321 g/mol. The molecule has 0 atom stereocenters. The number of urea groups is 1. The highest BCUT2D eigenvalue weighted by molar-refractivity contribution is 6.01. The van der Waals surface area contributed by atoms with Crippen molar-refractivity contribution in [2.24, 2.45) is 0 Å². The minimum Gasteiger partial charge on any atom is -0.356 e. The normalized spacial score (nSPS) is 14.5. The number of nitrogens with zero attached hydrogens (tertiary/aromatic N) is 2. The van der Waals surface area contributed by atoms with Gasteiger partial charge in [0.2, 0.25) is 11.8 Å². The van der Waals surface area contributed by atoms with Crippen molar-refractivity contribution in [3.8, 4) is 0 Å². The quantitative estimate of drug-likeness (QED) is 0.766. The average molecular weight is 321 g/mol. The van der Waals surface area contributed by atoms with Gasteiger partial charge in [-0.25, -0.2) is 9.18 Å². The number of carbonyl (C=O) groups is 3. The molecule has 0 aromatic heterocycles. The summed E-state index contributed by atoms with van der Waals surface area (Å²) < 4.78 is 13.4. The second-order valence-electron chi connectivity index (χ2n) is 5.48. The first kappa shape index (κ1) is 16.9. The van der Waals surface area contributed by atoms with Crippen LogP contribution in [0.15, 0.2) is 24.3 Å². The van der Waals surface area contributed by atoms with Gasteiger partial charge in [0.15, 0.2) is 0 Å². The SMILES string of the molecule is CN1CC(=O)N(CCCC(=O)NCCc2ccccc2F)C1=O. The summed E-state index contributed by atoms with van der Waals surface area (Å²) in [7, 11) is 1.57. The van der Waals surface area contributed by atoms with E-state index in [9.17, 15) is 18.8 Å². The average Bonchev–Trinajstić information content (AvgIpc) is 2.75. The first-order chi connectivity index (χ1) is 11.0. The lowest BCUT2D eigenvalue weighted by molar-refractivity contribution is -0.126. The van der Waals surface area contributed by atoms with Gasteiger partial charge < -0.3 is 10.2 Å². The summed E-state index contributed by atoms with van der Waals surface area (Å²) in [6.45, 7) is 0.681. The summed E-state index contributed by atoms with van der Waals surface area (Å²) in [5.74, 6) is -0.692. The fraction of sp³-hybridized carbons (Fsp3) is 0.438. The van der Waals surface area contributed by atoms with E-state index in [2.05, 4.69) is 5.32 Å². The molecule has 6 nitrogen and oxygen atoms in total. The number of likely N-dealkylation sites (N-methyl/N-ethyl adjacent to an activating group) is 1. The molecule has 1 fully saturated rings. The van der Waals surface area contributed by atoms with Crippen molar-refractivity contribution < 1.29 is 18.8 Å². The van der Waals surface area contributed by atoms with E-state index < -0.39 is 0 Å². The van der Waals surface area contributed by atoms with Gasteiger partial charge in [-0.1, -0.05) is 18.2 Å². The minimum absolute atomic E-state index is 0.0909. The number of hydrogen-bond donors (Lipinski definition) is 1. The molecule has 1 N–H and O–H groups in total. The van der Waals surface area contributed by atoms with Gasteiger partial charge >= 0.3 is 6.03 Å². The predicted octanol–water partition coefficient (Wildman–Crippen LogP) is 1.16. The highest BCUT2D eigenvalue weighted by atomic mass is 19.1. The lowest BCUT2D eigenvalue weighted by Crippen LogP contribution is -2.33. The molecule has 0 aliphatic carbocycles. The number of nitrogens with one attached hydrogen (secondary N) is 1. The van der Waals surface area contributed by atoms with Crippen molar-refractivity contribution in [1.29, 1.82) is 0 Å². The maximum absolute atomic E-state index is 13.4. The zero-order valence-electron chi connectivity index (χ0n) is 13.0. The van der Waals surface area contributed by atoms with E-state index >= 15 is 0 Å². The number of amides is 4. The molecule has 0 spiro atoms. The Balaban J connectivity index is 1.65. The highest BCUT2D eigenvalue weighted by Crippen LogP contribution is 2.09. The first-order valence-electron chi connectivity index (χ1n) is 7.54. The molecule has 4 amide bonds. The second kappa shape index (κ2) is 7.71. The summed E-state index contributed by atoms with van der Waals surface area (Å²) in [6, 6.07) is 6.12. The standard InChI is InChI=1S/C16H20FN3O3/c1-19-11-15(22)20(16(19)23)10-4-7-14(21)18-9-8-12-5-2-3-6-13(12)17/h2-3,5-6H,4,7-11H2,1H3,(H,18,21). The molecule has 1 aromatic rings. The molecule has 1 aliphatic heterocycles. The van der Waals surface area contributed by atoms with E-state index in [1.165, 1.54) is 11.0 Å². The third kappa shape index (κ3) is 4.51. The van der Waals surface area contributed by atoms with E-state index in [0.29, 0.717) is 24.9 Å².